The van der Waals surface area contributed by atoms with Crippen molar-refractivity contribution in [2.45, 2.75) is 76.2 Å². The van der Waals surface area contributed by atoms with Crippen LogP contribution >= 0.6 is 0 Å². The SMILES string of the molecule is CCC[C@@H]1NCCOc2ccccc2CCCNC(=O)[C@@H](Cc2ccccc2)NC(=O)C2CCCN2C1O. The Morgan fingerprint density at radius 3 is 2.61 bits per heavy atom. The maximum Gasteiger partial charge on any atom is 0.242 e. The Morgan fingerprint density at radius 2 is 1.79 bits per heavy atom. The van der Waals surface area contributed by atoms with Crippen molar-refractivity contribution in [3.05, 3.63) is 65.7 Å². The van der Waals surface area contributed by atoms with E-state index in [0.717, 1.165) is 49.0 Å². The Bertz CT molecular complexity index is 1030. The summed E-state index contributed by atoms with van der Waals surface area (Å²) >= 11 is 0. The number of nitrogens with one attached hydrogen (secondary N) is 3. The first-order valence-electron chi connectivity index (χ1n) is 14.1. The van der Waals surface area contributed by atoms with Crippen molar-refractivity contribution >= 4 is 11.8 Å². The molecule has 8 nitrogen and oxygen atoms in total. The molecular weight excluding hydrogens is 480 g/mol. The third-order valence-corrected chi connectivity index (χ3v) is 7.47. The fourth-order valence-electron chi connectivity index (χ4n) is 5.48. The molecular formula is C30H42N4O4. The van der Waals surface area contributed by atoms with E-state index in [1.54, 1.807) is 0 Å². The highest BCUT2D eigenvalue weighted by Gasteiger charge is 2.38. The van der Waals surface area contributed by atoms with Crippen molar-refractivity contribution in [2.24, 2.45) is 0 Å². The molecule has 0 saturated carbocycles. The van der Waals surface area contributed by atoms with Crippen LogP contribution in [0, 0.1) is 0 Å². The number of nitrogens with zero attached hydrogens (tertiary/aromatic N) is 1. The Kier molecular flexibility index (Phi) is 10.6. The van der Waals surface area contributed by atoms with Crippen LogP contribution in [-0.4, -0.2) is 72.4 Å². The van der Waals surface area contributed by atoms with Crippen LogP contribution in [0.15, 0.2) is 54.6 Å². The number of para-hydroxylation sites is 1. The van der Waals surface area contributed by atoms with E-state index in [4.69, 9.17) is 4.74 Å². The molecule has 0 bridgehead atoms. The summed E-state index contributed by atoms with van der Waals surface area (Å²) < 4.78 is 6.09. The maximum absolute atomic E-state index is 13.5. The van der Waals surface area contributed by atoms with Gasteiger partial charge in [-0.3, -0.25) is 14.5 Å². The maximum atomic E-state index is 13.5. The quantitative estimate of drug-likeness (QED) is 0.492. The number of amides is 2. The normalized spacial score (nSPS) is 26.2. The molecule has 0 radical (unpaired) electrons. The summed E-state index contributed by atoms with van der Waals surface area (Å²) in [5, 5.41) is 20.9. The molecule has 206 valence electrons. The Morgan fingerprint density at radius 1 is 1.00 bits per heavy atom. The predicted molar refractivity (Wildman–Crippen MR) is 148 cm³/mol. The van der Waals surface area contributed by atoms with Gasteiger partial charge in [0.2, 0.25) is 11.8 Å². The van der Waals surface area contributed by atoms with Crippen molar-refractivity contribution in [3.63, 3.8) is 0 Å². The summed E-state index contributed by atoms with van der Waals surface area (Å²) in [5.74, 6) is 0.456. The molecule has 0 spiro atoms. The van der Waals surface area contributed by atoms with Crippen LogP contribution in [0.25, 0.3) is 0 Å². The van der Waals surface area contributed by atoms with E-state index >= 15 is 0 Å². The number of aliphatic hydroxyl groups excluding tert-OH is 1. The van der Waals surface area contributed by atoms with E-state index in [1.165, 1.54) is 0 Å². The summed E-state index contributed by atoms with van der Waals surface area (Å²) in [6.07, 6.45) is 4.30. The number of benzene rings is 2. The number of hydrogen-bond acceptors (Lipinski definition) is 6. The predicted octanol–water partition coefficient (Wildman–Crippen LogP) is 2.40. The number of aliphatic hydroxyl groups is 1. The van der Waals surface area contributed by atoms with E-state index < -0.39 is 18.3 Å². The molecule has 4 atom stereocenters. The lowest BCUT2D eigenvalue weighted by atomic mass is 10.0. The van der Waals surface area contributed by atoms with Gasteiger partial charge in [0.05, 0.1) is 6.04 Å². The topological polar surface area (TPSA) is 103 Å². The van der Waals surface area contributed by atoms with Crippen LogP contribution < -0.4 is 20.7 Å². The highest BCUT2D eigenvalue weighted by Crippen LogP contribution is 2.23. The number of rotatable bonds is 4. The van der Waals surface area contributed by atoms with Gasteiger partial charge in [-0.2, -0.15) is 0 Å². The average Bonchev–Trinajstić information content (AvgIpc) is 3.43. The first-order chi connectivity index (χ1) is 18.6. The average molecular weight is 523 g/mol. The third kappa shape index (κ3) is 7.56. The molecule has 1 saturated heterocycles. The molecule has 0 aliphatic carbocycles. The van der Waals surface area contributed by atoms with Crippen molar-refractivity contribution in [1.82, 2.24) is 20.9 Å². The number of carbonyl (C=O) groups is 2. The third-order valence-electron chi connectivity index (χ3n) is 7.47. The molecule has 0 aromatic heterocycles. The van der Waals surface area contributed by atoms with E-state index in [1.807, 2.05) is 53.4 Å². The summed E-state index contributed by atoms with van der Waals surface area (Å²) in [4.78, 5) is 28.7. The first kappa shape index (κ1) is 28.1. The Balaban J connectivity index is 1.55. The standard InChI is InChI=1S/C30H42N4O4/c1-2-10-24-30(37)34-19-9-15-26(34)29(36)33-25(21-22-11-4-3-5-12-22)28(35)32-17-8-14-23-13-6-7-16-27(23)38-20-18-31-24/h3-7,11-13,16,24-26,30-31,37H,2,8-10,14-15,17-21H2,1H3,(H,32,35)(H,33,36)/t24-,25+,26?,30?/m0/s1. The van der Waals surface area contributed by atoms with E-state index in [0.29, 0.717) is 39.1 Å². The number of carbonyl (C=O) groups excluding carboxylic acids is 2. The van der Waals surface area contributed by atoms with Crippen molar-refractivity contribution < 1.29 is 19.4 Å². The van der Waals surface area contributed by atoms with Gasteiger partial charge in [-0.1, -0.05) is 61.9 Å². The van der Waals surface area contributed by atoms with Gasteiger partial charge in [0.1, 0.15) is 24.6 Å². The molecule has 2 aliphatic rings. The van der Waals surface area contributed by atoms with Crippen LogP contribution in [-0.2, 0) is 22.4 Å². The molecule has 2 aromatic rings. The fourth-order valence-corrected chi connectivity index (χ4v) is 5.48. The van der Waals surface area contributed by atoms with Gasteiger partial charge in [-0.05, 0) is 49.3 Å². The minimum Gasteiger partial charge on any atom is -0.492 e. The fraction of sp³-hybridized carbons (Fsp3) is 0.533. The minimum atomic E-state index is -0.805. The number of aryl methyl sites for hydroxylation is 1. The van der Waals surface area contributed by atoms with Gasteiger partial charge in [-0.15, -0.1) is 0 Å². The monoisotopic (exact) mass is 522 g/mol. The molecule has 4 rings (SSSR count). The van der Waals surface area contributed by atoms with Gasteiger partial charge in [0, 0.05) is 32.1 Å². The van der Waals surface area contributed by atoms with E-state index in [9.17, 15) is 14.7 Å². The molecule has 38 heavy (non-hydrogen) atoms. The zero-order chi connectivity index (χ0) is 26.7. The number of fused-ring (bicyclic) bond motifs is 2. The molecule has 2 unspecified atom stereocenters. The van der Waals surface area contributed by atoms with E-state index in [-0.39, 0.29) is 17.9 Å². The number of hydrogen-bond donors (Lipinski definition) is 4. The van der Waals surface area contributed by atoms with Crippen molar-refractivity contribution in [3.8, 4) is 5.75 Å². The Labute approximate surface area is 226 Å². The molecule has 1 fully saturated rings. The summed E-state index contributed by atoms with van der Waals surface area (Å²) in [5.41, 5.74) is 2.08. The summed E-state index contributed by atoms with van der Waals surface area (Å²) in [6.45, 7) is 4.30. The van der Waals surface area contributed by atoms with Crippen molar-refractivity contribution in [1.29, 1.82) is 0 Å². The van der Waals surface area contributed by atoms with Gasteiger partial charge in [-0.25, -0.2) is 0 Å². The smallest absolute Gasteiger partial charge is 0.242 e. The van der Waals surface area contributed by atoms with Gasteiger partial charge >= 0.3 is 0 Å². The second-order valence-electron chi connectivity index (χ2n) is 10.3. The van der Waals surface area contributed by atoms with Gasteiger partial charge in [0.15, 0.2) is 0 Å². The molecule has 2 aromatic carbocycles. The lowest BCUT2D eigenvalue weighted by Gasteiger charge is -2.35. The van der Waals surface area contributed by atoms with Crippen LogP contribution in [0.5, 0.6) is 5.75 Å². The lowest BCUT2D eigenvalue weighted by Crippen LogP contribution is -2.58. The van der Waals surface area contributed by atoms with Crippen LogP contribution in [0.3, 0.4) is 0 Å². The van der Waals surface area contributed by atoms with Crippen LogP contribution in [0.1, 0.15) is 50.2 Å². The molecule has 2 heterocycles. The largest absolute Gasteiger partial charge is 0.492 e. The molecule has 8 heteroatoms. The molecule has 2 aliphatic heterocycles. The highest BCUT2D eigenvalue weighted by molar-refractivity contribution is 5.90. The van der Waals surface area contributed by atoms with E-state index in [2.05, 4.69) is 28.9 Å². The van der Waals surface area contributed by atoms with Crippen molar-refractivity contribution in [2.75, 3.05) is 26.2 Å². The summed E-state index contributed by atoms with van der Waals surface area (Å²) in [7, 11) is 0. The van der Waals surface area contributed by atoms with Gasteiger partial charge in [0.25, 0.3) is 0 Å². The lowest BCUT2D eigenvalue weighted by molar-refractivity contribution is -0.134. The zero-order valence-electron chi connectivity index (χ0n) is 22.4. The highest BCUT2D eigenvalue weighted by atomic mass is 16.5. The molecule has 4 N–H and O–H groups in total. The van der Waals surface area contributed by atoms with Gasteiger partial charge < -0.3 is 25.8 Å². The summed E-state index contributed by atoms with van der Waals surface area (Å²) in [6, 6.07) is 16.4. The second-order valence-corrected chi connectivity index (χ2v) is 10.3. The Hall–Kier alpha value is -2.94. The van der Waals surface area contributed by atoms with Crippen LogP contribution in [0.2, 0.25) is 0 Å². The second kappa shape index (κ2) is 14.3. The number of ether oxygens (including phenoxy) is 1. The van der Waals surface area contributed by atoms with Crippen LogP contribution in [0.4, 0.5) is 0 Å². The molecule has 2 amide bonds. The zero-order valence-corrected chi connectivity index (χ0v) is 22.4. The minimum absolute atomic E-state index is 0.186. The first-order valence-corrected chi connectivity index (χ1v) is 14.1.